The van der Waals surface area contributed by atoms with E-state index in [2.05, 4.69) is 97.1 Å². The van der Waals surface area contributed by atoms with E-state index in [4.69, 9.17) is 0 Å². The van der Waals surface area contributed by atoms with Crippen molar-refractivity contribution >= 4 is 10.8 Å². The Bertz CT molecular complexity index is 1440. The van der Waals surface area contributed by atoms with Gasteiger partial charge in [-0.15, -0.1) is 0 Å². The van der Waals surface area contributed by atoms with Gasteiger partial charge in [0.1, 0.15) is 0 Å². The zero-order valence-corrected chi connectivity index (χ0v) is 15.9. The molecule has 0 saturated heterocycles. The molecule has 0 spiro atoms. The minimum Gasteiger partial charge on any atom is -0.0619 e. The summed E-state index contributed by atoms with van der Waals surface area (Å²) >= 11 is 0. The molecule has 0 atom stereocenters. The summed E-state index contributed by atoms with van der Waals surface area (Å²) in [5, 5.41) is 2.75. The van der Waals surface area contributed by atoms with E-state index >= 15 is 0 Å². The third-order valence-electron chi connectivity index (χ3n) is 6.65. The third-order valence-corrected chi connectivity index (χ3v) is 6.65. The maximum atomic E-state index is 2.40. The SMILES string of the molecule is c1ccc2c(c1)Cc1cc(-c3ccc4c5c(cccc35)-c3ccccc3-4)ccc1-2. The van der Waals surface area contributed by atoms with E-state index in [0.717, 1.165) is 6.42 Å². The Balaban J connectivity index is 1.46. The predicted octanol–water partition coefficient (Wildman–Crippen LogP) is 7.73. The standard InChI is InChI=1S/C29H18/c1-2-7-21-18(6-1)16-20-17-19(12-13-23(20)21)22-14-15-28-25-9-4-3-8-24(25)27-11-5-10-26(22)29(27)28/h1-15,17H,16H2. The second-order valence-corrected chi connectivity index (χ2v) is 8.14. The second kappa shape index (κ2) is 5.46. The largest absolute Gasteiger partial charge is 0.0619 e. The molecule has 0 aliphatic heterocycles. The Morgan fingerprint density at radius 1 is 0.414 bits per heavy atom. The van der Waals surface area contributed by atoms with Crippen LogP contribution in [0.1, 0.15) is 11.1 Å². The minimum absolute atomic E-state index is 1.03. The predicted molar refractivity (Wildman–Crippen MR) is 122 cm³/mol. The molecule has 5 aromatic rings. The third kappa shape index (κ3) is 1.98. The summed E-state index contributed by atoms with van der Waals surface area (Å²) < 4.78 is 0. The first-order valence-corrected chi connectivity index (χ1v) is 10.3. The van der Waals surface area contributed by atoms with Crippen molar-refractivity contribution in [1.82, 2.24) is 0 Å². The van der Waals surface area contributed by atoms with Gasteiger partial charge in [-0.2, -0.15) is 0 Å². The molecule has 0 aromatic heterocycles. The highest BCUT2D eigenvalue weighted by Gasteiger charge is 2.23. The molecule has 29 heavy (non-hydrogen) atoms. The quantitative estimate of drug-likeness (QED) is 0.279. The molecule has 2 aliphatic rings. The van der Waals surface area contributed by atoms with Crippen LogP contribution in [-0.4, -0.2) is 0 Å². The summed E-state index contributed by atoms with van der Waals surface area (Å²) in [7, 11) is 0. The maximum Gasteiger partial charge on any atom is -0.00132 e. The van der Waals surface area contributed by atoms with Crippen LogP contribution in [0, 0.1) is 0 Å². The van der Waals surface area contributed by atoms with Crippen molar-refractivity contribution in [2.24, 2.45) is 0 Å². The molecule has 5 aromatic carbocycles. The van der Waals surface area contributed by atoms with Crippen LogP contribution in [0.4, 0.5) is 0 Å². The van der Waals surface area contributed by atoms with Gasteiger partial charge in [-0.05, 0) is 72.8 Å². The normalized spacial score (nSPS) is 12.7. The Hall–Kier alpha value is -3.64. The van der Waals surface area contributed by atoms with E-state index < -0.39 is 0 Å². The average Bonchev–Trinajstić information content (AvgIpc) is 3.31. The zero-order valence-electron chi connectivity index (χ0n) is 15.9. The Labute approximate surface area is 170 Å². The molecule has 0 heterocycles. The summed E-state index contributed by atoms with van der Waals surface area (Å²) in [6, 6.07) is 36.0. The first kappa shape index (κ1) is 15.3. The first-order chi connectivity index (χ1) is 14.4. The van der Waals surface area contributed by atoms with Gasteiger partial charge in [-0.1, -0.05) is 97.1 Å². The van der Waals surface area contributed by atoms with Gasteiger partial charge in [0.05, 0.1) is 0 Å². The van der Waals surface area contributed by atoms with Crippen molar-refractivity contribution in [2.75, 3.05) is 0 Å². The number of benzene rings is 5. The lowest BCUT2D eigenvalue weighted by Gasteiger charge is -2.11. The Morgan fingerprint density at radius 3 is 1.90 bits per heavy atom. The fraction of sp³-hybridized carbons (Fsp3) is 0.0345. The summed E-state index contributed by atoms with van der Waals surface area (Å²) in [6.07, 6.45) is 1.03. The lowest BCUT2D eigenvalue weighted by Crippen LogP contribution is -1.86. The Kier molecular flexibility index (Phi) is 2.88. The molecule has 0 unspecified atom stereocenters. The van der Waals surface area contributed by atoms with Gasteiger partial charge < -0.3 is 0 Å². The van der Waals surface area contributed by atoms with E-state index in [1.165, 1.54) is 66.4 Å². The lowest BCUT2D eigenvalue weighted by atomic mass is 9.92. The molecule has 2 aliphatic carbocycles. The molecule has 0 bridgehead atoms. The summed E-state index contributed by atoms with van der Waals surface area (Å²) in [5.41, 5.74) is 13.8. The van der Waals surface area contributed by atoms with Crippen molar-refractivity contribution < 1.29 is 0 Å². The van der Waals surface area contributed by atoms with Gasteiger partial charge in [0, 0.05) is 0 Å². The molecular formula is C29H18. The van der Waals surface area contributed by atoms with Gasteiger partial charge in [0.2, 0.25) is 0 Å². The highest BCUT2D eigenvalue weighted by molar-refractivity contribution is 6.18. The fourth-order valence-corrected chi connectivity index (χ4v) is 5.37. The molecule has 0 amide bonds. The highest BCUT2D eigenvalue weighted by Crippen LogP contribution is 2.49. The van der Waals surface area contributed by atoms with E-state index in [-0.39, 0.29) is 0 Å². The van der Waals surface area contributed by atoms with Crippen LogP contribution < -0.4 is 0 Å². The molecule has 134 valence electrons. The van der Waals surface area contributed by atoms with Crippen molar-refractivity contribution in [1.29, 1.82) is 0 Å². The lowest BCUT2D eigenvalue weighted by molar-refractivity contribution is 1.26. The van der Waals surface area contributed by atoms with Crippen LogP contribution in [0.25, 0.3) is 55.3 Å². The highest BCUT2D eigenvalue weighted by atomic mass is 14.3. The topological polar surface area (TPSA) is 0 Å². The van der Waals surface area contributed by atoms with Crippen LogP contribution >= 0.6 is 0 Å². The summed E-state index contributed by atoms with van der Waals surface area (Å²) in [5.74, 6) is 0. The van der Waals surface area contributed by atoms with E-state index in [1.54, 1.807) is 0 Å². The fourth-order valence-electron chi connectivity index (χ4n) is 5.37. The monoisotopic (exact) mass is 366 g/mol. The first-order valence-electron chi connectivity index (χ1n) is 10.3. The molecule has 7 rings (SSSR count). The van der Waals surface area contributed by atoms with Crippen molar-refractivity contribution in [2.45, 2.75) is 6.42 Å². The molecule has 0 N–H and O–H groups in total. The summed E-state index contributed by atoms with van der Waals surface area (Å²) in [6.45, 7) is 0. The smallest absolute Gasteiger partial charge is 0.00132 e. The van der Waals surface area contributed by atoms with Crippen molar-refractivity contribution in [3.63, 3.8) is 0 Å². The van der Waals surface area contributed by atoms with E-state index in [9.17, 15) is 0 Å². The van der Waals surface area contributed by atoms with Crippen molar-refractivity contribution in [3.8, 4) is 44.5 Å². The van der Waals surface area contributed by atoms with Crippen LogP contribution in [-0.2, 0) is 6.42 Å². The number of fused-ring (bicyclic) bond motifs is 6. The zero-order chi connectivity index (χ0) is 18.9. The number of hydrogen-bond acceptors (Lipinski definition) is 0. The van der Waals surface area contributed by atoms with Gasteiger partial charge in [0.25, 0.3) is 0 Å². The number of hydrogen-bond donors (Lipinski definition) is 0. The van der Waals surface area contributed by atoms with Crippen LogP contribution in [0.5, 0.6) is 0 Å². The molecule has 0 saturated carbocycles. The average molecular weight is 366 g/mol. The van der Waals surface area contributed by atoms with Gasteiger partial charge in [0.15, 0.2) is 0 Å². The van der Waals surface area contributed by atoms with Crippen LogP contribution in [0.2, 0.25) is 0 Å². The summed E-state index contributed by atoms with van der Waals surface area (Å²) in [4.78, 5) is 0. The van der Waals surface area contributed by atoms with Crippen molar-refractivity contribution in [3.05, 3.63) is 108 Å². The Morgan fingerprint density at radius 2 is 1.03 bits per heavy atom. The second-order valence-electron chi connectivity index (χ2n) is 8.14. The van der Waals surface area contributed by atoms with Crippen LogP contribution in [0.15, 0.2) is 97.1 Å². The molecular weight excluding hydrogens is 348 g/mol. The van der Waals surface area contributed by atoms with Gasteiger partial charge >= 0.3 is 0 Å². The van der Waals surface area contributed by atoms with E-state index in [1.807, 2.05) is 0 Å². The van der Waals surface area contributed by atoms with Crippen LogP contribution in [0.3, 0.4) is 0 Å². The molecule has 0 heteroatoms. The maximum absolute atomic E-state index is 2.40. The molecule has 0 nitrogen and oxygen atoms in total. The molecule has 0 fully saturated rings. The minimum atomic E-state index is 1.03. The van der Waals surface area contributed by atoms with Gasteiger partial charge in [-0.3, -0.25) is 0 Å². The molecule has 0 radical (unpaired) electrons. The number of rotatable bonds is 1. The van der Waals surface area contributed by atoms with Gasteiger partial charge in [-0.25, -0.2) is 0 Å². The van der Waals surface area contributed by atoms with E-state index in [0.29, 0.717) is 0 Å².